The molecule has 0 radical (unpaired) electrons. The van der Waals surface area contributed by atoms with Gasteiger partial charge in [0.1, 0.15) is 6.10 Å². The molecular weight excluding hydrogens is 292 g/mol. The van der Waals surface area contributed by atoms with Crippen LogP contribution >= 0.6 is 0 Å². The first-order valence-electron chi connectivity index (χ1n) is 7.56. The number of aliphatic hydroxyl groups excluding tert-OH is 2. The molecule has 0 bridgehead atoms. The number of hydrogen-bond donors (Lipinski definition) is 2. The minimum absolute atomic E-state index is 0.0547. The van der Waals surface area contributed by atoms with Crippen LogP contribution in [0.4, 0.5) is 0 Å². The largest absolute Gasteiger partial charge is 0.502 e. The maximum Gasteiger partial charge on any atom is 0.374 e. The first kappa shape index (κ1) is 15.3. The number of ether oxygens (including phenoxy) is 1. The van der Waals surface area contributed by atoms with Crippen molar-refractivity contribution in [1.82, 2.24) is 0 Å². The molecule has 0 saturated heterocycles. The van der Waals surface area contributed by atoms with E-state index in [1.165, 1.54) is 0 Å². The van der Waals surface area contributed by atoms with Gasteiger partial charge in [0, 0.05) is 11.5 Å². The Hall–Kier alpha value is -2.59. The fourth-order valence-corrected chi connectivity index (χ4v) is 2.91. The van der Waals surface area contributed by atoms with E-state index in [9.17, 15) is 15.0 Å². The Morgan fingerprint density at radius 1 is 1.00 bits per heavy atom. The van der Waals surface area contributed by atoms with E-state index in [1.807, 2.05) is 60.7 Å². The molecule has 4 nitrogen and oxygen atoms in total. The average Bonchev–Trinajstić information content (AvgIpc) is 2.88. The van der Waals surface area contributed by atoms with Gasteiger partial charge < -0.3 is 14.9 Å². The van der Waals surface area contributed by atoms with Gasteiger partial charge in [-0.25, -0.2) is 4.79 Å². The van der Waals surface area contributed by atoms with Crippen molar-refractivity contribution in [3.05, 3.63) is 77.5 Å². The second kappa shape index (κ2) is 6.67. The van der Waals surface area contributed by atoms with Crippen LogP contribution in [0.3, 0.4) is 0 Å². The summed E-state index contributed by atoms with van der Waals surface area (Å²) in [7, 11) is 0. The van der Waals surface area contributed by atoms with E-state index in [1.54, 1.807) is 0 Å². The van der Waals surface area contributed by atoms with E-state index in [4.69, 9.17) is 4.74 Å². The van der Waals surface area contributed by atoms with Gasteiger partial charge in [0.05, 0.1) is 6.61 Å². The summed E-state index contributed by atoms with van der Waals surface area (Å²) in [4.78, 5) is 11.8. The highest BCUT2D eigenvalue weighted by molar-refractivity contribution is 6.00. The maximum absolute atomic E-state index is 11.8. The number of carbonyl (C=O) groups is 1. The van der Waals surface area contributed by atoms with Crippen molar-refractivity contribution in [1.29, 1.82) is 0 Å². The van der Waals surface area contributed by atoms with Crippen LogP contribution in [0.15, 0.2) is 66.4 Å². The molecule has 2 aromatic rings. The Morgan fingerprint density at radius 2 is 1.61 bits per heavy atom. The van der Waals surface area contributed by atoms with Crippen molar-refractivity contribution in [3.63, 3.8) is 0 Å². The first-order valence-corrected chi connectivity index (χ1v) is 7.56. The number of hydrogen-bond acceptors (Lipinski definition) is 4. The SMILES string of the molecule is O=C1OC(CC(CO)c2ccccc2)C(c2ccccc2)=C1O. The predicted octanol–water partition coefficient (Wildman–Crippen LogP) is 3.05. The Bertz CT molecular complexity index is 707. The summed E-state index contributed by atoms with van der Waals surface area (Å²) in [6.45, 7) is -0.0547. The Labute approximate surface area is 134 Å². The average molecular weight is 310 g/mol. The molecule has 0 aliphatic carbocycles. The summed E-state index contributed by atoms with van der Waals surface area (Å²) in [5.74, 6) is -1.22. The molecule has 0 saturated carbocycles. The van der Waals surface area contributed by atoms with Gasteiger partial charge in [0.25, 0.3) is 0 Å². The van der Waals surface area contributed by atoms with E-state index in [2.05, 4.69) is 0 Å². The minimum atomic E-state index is -0.710. The van der Waals surface area contributed by atoms with Crippen molar-refractivity contribution in [2.24, 2.45) is 0 Å². The lowest BCUT2D eigenvalue weighted by Crippen LogP contribution is -2.18. The molecule has 2 unspecified atom stereocenters. The van der Waals surface area contributed by atoms with Crippen molar-refractivity contribution >= 4 is 11.5 Å². The van der Waals surface area contributed by atoms with Crippen LogP contribution in [0.2, 0.25) is 0 Å². The van der Waals surface area contributed by atoms with E-state index in [0.717, 1.165) is 11.1 Å². The highest BCUT2D eigenvalue weighted by Crippen LogP contribution is 2.36. The molecule has 0 amide bonds. The summed E-state index contributed by atoms with van der Waals surface area (Å²) in [5, 5.41) is 19.8. The quantitative estimate of drug-likeness (QED) is 0.833. The van der Waals surface area contributed by atoms with Gasteiger partial charge >= 0.3 is 5.97 Å². The lowest BCUT2D eigenvalue weighted by molar-refractivity contribution is -0.142. The lowest BCUT2D eigenvalue weighted by atomic mass is 9.89. The van der Waals surface area contributed by atoms with Crippen molar-refractivity contribution < 1.29 is 19.7 Å². The zero-order valence-corrected chi connectivity index (χ0v) is 12.6. The second-order valence-corrected chi connectivity index (χ2v) is 5.55. The van der Waals surface area contributed by atoms with E-state index in [0.29, 0.717) is 12.0 Å². The molecule has 1 heterocycles. The molecule has 0 spiro atoms. The van der Waals surface area contributed by atoms with Crippen LogP contribution < -0.4 is 0 Å². The Kier molecular flexibility index (Phi) is 4.44. The molecule has 3 rings (SSSR count). The highest BCUT2D eigenvalue weighted by atomic mass is 16.6. The monoisotopic (exact) mass is 310 g/mol. The van der Waals surface area contributed by atoms with Gasteiger partial charge in [0.15, 0.2) is 0 Å². The molecule has 23 heavy (non-hydrogen) atoms. The van der Waals surface area contributed by atoms with Crippen molar-refractivity contribution in [3.8, 4) is 0 Å². The highest BCUT2D eigenvalue weighted by Gasteiger charge is 2.36. The molecule has 2 N–H and O–H groups in total. The van der Waals surface area contributed by atoms with Crippen LogP contribution in [-0.2, 0) is 9.53 Å². The zero-order valence-electron chi connectivity index (χ0n) is 12.6. The molecule has 1 aliphatic heterocycles. The Balaban J connectivity index is 1.88. The first-order chi connectivity index (χ1) is 11.2. The van der Waals surface area contributed by atoms with Crippen LogP contribution in [0.1, 0.15) is 23.5 Å². The van der Waals surface area contributed by atoms with E-state index in [-0.39, 0.29) is 18.3 Å². The normalized spacial score (nSPS) is 18.8. The summed E-state index contributed by atoms with van der Waals surface area (Å²) in [6, 6.07) is 18.8. The van der Waals surface area contributed by atoms with Crippen molar-refractivity contribution in [2.75, 3.05) is 6.61 Å². The molecule has 1 aliphatic rings. The topological polar surface area (TPSA) is 66.8 Å². The van der Waals surface area contributed by atoms with Crippen LogP contribution in [0, 0.1) is 0 Å². The fraction of sp³-hybridized carbons (Fsp3) is 0.211. The van der Waals surface area contributed by atoms with Crippen LogP contribution in [-0.4, -0.2) is 28.9 Å². The van der Waals surface area contributed by atoms with Gasteiger partial charge in [-0.15, -0.1) is 0 Å². The number of carbonyl (C=O) groups excluding carboxylic acids is 1. The molecule has 0 fully saturated rings. The summed E-state index contributed by atoms with van der Waals surface area (Å²) < 4.78 is 5.32. The number of rotatable bonds is 5. The summed E-state index contributed by atoms with van der Waals surface area (Å²) in [5.41, 5.74) is 2.22. The van der Waals surface area contributed by atoms with Gasteiger partial charge in [-0.05, 0) is 17.5 Å². The van der Waals surface area contributed by atoms with Gasteiger partial charge in [-0.1, -0.05) is 60.7 Å². The fourth-order valence-electron chi connectivity index (χ4n) is 2.91. The zero-order chi connectivity index (χ0) is 16.2. The molecule has 118 valence electrons. The van der Waals surface area contributed by atoms with Crippen LogP contribution in [0.25, 0.3) is 5.57 Å². The second-order valence-electron chi connectivity index (χ2n) is 5.55. The number of esters is 1. The maximum atomic E-state index is 11.8. The smallest absolute Gasteiger partial charge is 0.374 e. The van der Waals surface area contributed by atoms with Gasteiger partial charge in [-0.2, -0.15) is 0 Å². The Morgan fingerprint density at radius 3 is 2.22 bits per heavy atom. The molecule has 0 aromatic heterocycles. The molecule has 4 heteroatoms. The molecular formula is C19H18O4. The standard InChI is InChI=1S/C19H18O4/c20-12-15(13-7-3-1-4-8-13)11-16-17(18(21)19(22)23-16)14-9-5-2-6-10-14/h1-10,15-16,20-21H,11-12H2. The molecule has 2 aromatic carbocycles. The lowest BCUT2D eigenvalue weighted by Gasteiger charge is -2.20. The van der Waals surface area contributed by atoms with Crippen LogP contribution in [0.5, 0.6) is 0 Å². The third-order valence-corrected chi connectivity index (χ3v) is 4.09. The third-order valence-electron chi connectivity index (χ3n) is 4.09. The summed E-state index contributed by atoms with van der Waals surface area (Å²) in [6.07, 6.45) is -0.150. The minimum Gasteiger partial charge on any atom is -0.502 e. The van der Waals surface area contributed by atoms with Crippen molar-refractivity contribution in [2.45, 2.75) is 18.4 Å². The summed E-state index contributed by atoms with van der Waals surface area (Å²) >= 11 is 0. The van der Waals surface area contributed by atoms with E-state index < -0.39 is 12.1 Å². The predicted molar refractivity (Wildman–Crippen MR) is 86.8 cm³/mol. The van der Waals surface area contributed by atoms with Gasteiger partial charge in [-0.3, -0.25) is 0 Å². The molecule has 2 atom stereocenters. The van der Waals surface area contributed by atoms with Gasteiger partial charge in [0.2, 0.25) is 5.76 Å². The number of benzene rings is 2. The number of cyclic esters (lactones) is 1. The number of aliphatic hydroxyl groups is 2. The third kappa shape index (κ3) is 3.12. The van der Waals surface area contributed by atoms with E-state index >= 15 is 0 Å².